The molecule has 1 aromatic heterocycles. The lowest BCUT2D eigenvalue weighted by atomic mass is 9.99. The minimum Gasteiger partial charge on any atom is -0.379 e. The summed E-state index contributed by atoms with van der Waals surface area (Å²) >= 11 is 0. The van der Waals surface area contributed by atoms with Crippen LogP contribution in [0.3, 0.4) is 0 Å². The summed E-state index contributed by atoms with van der Waals surface area (Å²) in [5.74, 6) is 1.18. The van der Waals surface area contributed by atoms with Crippen molar-refractivity contribution in [1.82, 2.24) is 19.7 Å². The maximum Gasteiger partial charge on any atom is 0.273 e. The summed E-state index contributed by atoms with van der Waals surface area (Å²) in [5, 5.41) is 6.98. The van der Waals surface area contributed by atoms with Crippen LogP contribution in [0.15, 0.2) is 10.6 Å². The van der Waals surface area contributed by atoms with Gasteiger partial charge < -0.3 is 14.6 Å². The van der Waals surface area contributed by atoms with Crippen LogP contribution < -0.4 is 5.32 Å². The third-order valence-electron chi connectivity index (χ3n) is 7.04. The number of carbonyl (C=O) groups excluding carboxylic acids is 1. The third kappa shape index (κ3) is 4.81. The Morgan fingerprint density at radius 2 is 1.84 bits per heavy atom. The zero-order valence-electron chi connectivity index (χ0n) is 17.9. The molecule has 31 heavy (non-hydrogen) atoms. The molecule has 172 valence electrons. The molecule has 5 rings (SSSR count). The van der Waals surface area contributed by atoms with Crippen LogP contribution >= 0.6 is 0 Å². The summed E-state index contributed by atoms with van der Waals surface area (Å²) in [6.45, 7) is 4.01. The molecule has 1 N–H and O–H groups in total. The number of ether oxygens (including phenoxy) is 1. The molecule has 3 aliphatic heterocycles. The van der Waals surface area contributed by atoms with E-state index < -0.39 is 10.0 Å². The summed E-state index contributed by atoms with van der Waals surface area (Å²) < 4.78 is 38.6. The summed E-state index contributed by atoms with van der Waals surface area (Å²) in [7, 11) is -3.29. The Bertz CT molecular complexity index is 879. The van der Waals surface area contributed by atoms with Crippen molar-refractivity contribution >= 4 is 15.9 Å². The standard InChI is InChI=1S/C21H32N4O5S/c26-21(19-14-20(30-23-19)15-2-3-15)22-16-12-17-4-5-18(13-16)25(17)31(27,28)11-1-6-24-7-9-29-10-8-24/h14-18H,1-13H2,(H,22,26)/t16?,17-,18+. The fourth-order valence-corrected chi connectivity index (χ4v) is 7.32. The molecule has 4 aliphatic rings. The number of aromatic nitrogens is 1. The molecule has 1 amide bonds. The molecule has 4 fully saturated rings. The van der Waals surface area contributed by atoms with Gasteiger partial charge in [0.25, 0.3) is 5.91 Å². The molecule has 1 saturated carbocycles. The Morgan fingerprint density at radius 3 is 2.52 bits per heavy atom. The molecule has 3 atom stereocenters. The SMILES string of the molecule is O=C(NC1C[C@H]2CC[C@@H](C1)N2S(=O)(=O)CCCN1CCOCC1)c1cc(C2CC2)on1. The fraction of sp³-hybridized carbons (Fsp3) is 0.810. The van der Waals surface area contributed by atoms with Crippen LogP contribution in [-0.4, -0.2) is 85.4 Å². The number of hydrogen-bond acceptors (Lipinski definition) is 7. The molecular formula is C21H32N4O5S. The number of nitrogens with one attached hydrogen (secondary N) is 1. The molecular weight excluding hydrogens is 420 g/mol. The molecule has 2 bridgehead atoms. The van der Waals surface area contributed by atoms with E-state index in [1.54, 1.807) is 10.4 Å². The number of rotatable bonds is 8. The molecule has 9 nitrogen and oxygen atoms in total. The van der Waals surface area contributed by atoms with E-state index in [9.17, 15) is 13.2 Å². The van der Waals surface area contributed by atoms with Crippen molar-refractivity contribution in [1.29, 1.82) is 0 Å². The van der Waals surface area contributed by atoms with Gasteiger partial charge in [0.05, 0.1) is 19.0 Å². The minimum absolute atomic E-state index is 0.0169. The molecule has 0 aromatic carbocycles. The van der Waals surface area contributed by atoms with Gasteiger partial charge in [0.1, 0.15) is 5.76 Å². The van der Waals surface area contributed by atoms with Gasteiger partial charge in [-0.2, -0.15) is 4.31 Å². The van der Waals surface area contributed by atoms with Crippen molar-refractivity contribution in [2.45, 2.75) is 69.0 Å². The normalized spacial score (nSPS) is 29.9. The predicted molar refractivity (Wildman–Crippen MR) is 113 cm³/mol. The number of piperidine rings is 1. The summed E-state index contributed by atoms with van der Waals surface area (Å²) in [5.41, 5.74) is 0.326. The highest BCUT2D eigenvalue weighted by Crippen LogP contribution is 2.40. The molecule has 1 aliphatic carbocycles. The number of amides is 1. The van der Waals surface area contributed by atoms with Crippen LogP contribution in [0.1, 0.15) is 67.1 Å². The second-order valence-corrected chi connectivity index (χ2v) is 11.4. The van der Waals surface area contributed by atoms with Gasteiger partial charge in [-0.25, -0.2) is 8.42 Å². The minimum atomic E-state index is -3.29. The van der Waals surface area contributed by atoms with E-state index >= 15 is 0 Å². The summed E-state index contributed by atoms with van der Waals surface area (Å²) in [4.78, 5) is 14.9. The average Bonchev–Trinajstić information content (AvgIpc) is 3.40. The van der Waals surface area contributed by atoms with Crippen LogP contribution in [0.2, 0.25) is 0 Å². The van der Waals surface area contributed by atoms with Crippen LogP contribution in [0, 0.1) is 0 Å². The van der Waals surface area contributed by atoms with Crippen molar-refractivity contribution in [3.8, 4) is 0 Å². The van der Waals surface area contributed by atoms with E-state index in [1.807, 2.05) is 0 Å². The van der Waals surface area contributed by atoms with Crippen molar-refractivity contribution in [3.05, 3.63) is 17.5 Å². The molecule has 3 saturated heterocycles. The first-order valence-electron chi connectivity index (χ1n) is 11.6. The van der Waals surface area contributed by atoms with Gasteiger partial charge in [0.15, 0.2) is 5.69 Å². The summed E-state index contributed by atoms with van der Waals surface area (Å²) in [6.07, 6.45) is 5.91. The van der Waals surface area contributed by atoms with E-state index in [2.05, 4.69) is 15.4 Å². The highest BCUT2D eigenvalue weighted by molar-refractivity contribution is 7.89. The zero-order chi connectivity index (χ0) is 21.4. The second kappa shape index (κ2) is 8.80. The quantitative estimate of drug-likeness (QED) is 0.634. The fourth-order valence-electron chi connectivity index (χ4n) is 5.32. The predicted octanol–water partition coefficient (Wildman–Crippen LogP) is 1.33. The lowest BCUT2D eigenvalue weighted by Crippen LogP contribution is -2.53. The number of morpholine rings is 1. The van der Waals surface area contributed by atoms with Gasteiger partial charge in [-0.05, 0) is 51.5 Å². The average molecular weight is 453 g/mol. The Hall–Kier alpha value is -1.49. The molecule has 1 aromatic rings. The van der Waals surface area contributed by atoms with Crippen LogP contribution in [0.5, 0.6) is 0 Å². The van der Waals surface area contributed by atoms with Gasteiger partial charge in [-0.3, -0.25) is 9.69 Å². The first-order valence-corrected chi connectivity index (χ1v) is 13.2. The lowest BCUT2D eigenvalue weighted by Gasteiger charge is -2.38. The smallest absolute Gasteiger partial charge is 0.273 e. The molecule has 4 heterocycles. The van der Waals surface area contributed by atoms with E-state index in [4.69, 9.17) is 9.26 Å². The van der Waals surface area contributed by atoms with Gasteiger partial charge in [-0.15, -0.1) is 0 Å². The first kappa shape index (κ1) is 21.4. The van der Waals surface area contributed by atoms with Gasteiger partial charge in [-0.1, -0.05) is 5.16 Å². The van der Waals surface area contributed by atoms with Crippen molar-refractivity contribution in [3.63, 3.8) is 0 Å². The van der Waals surface area contributed by atoms with E-state index in [0.717, 1.165) is 64.3 Å². The van der Waals surface area contributed by atoms with Crippen molar-refractivity contribution in [2.75, 3.05) is 38.6 Å². The molecule has 1 unspecified atom stereocenters. The Labute approximate surface area is 183 Å². The van der Waals surface area contributed by atoms with Crippen LogP contribution in [0.4, 0.5) is 0 Å². The summed E-state index contributed by atoms with van der Waals surface area (Å²) in [6, 6.07) is 1.69. The topological polar surface area (TPSA) is 105 Å². The maximum absolute atomic E-state index is 13.1. The van der Waals surface area contributed by atoms with Crippen molar-refractivity contribution < 1.29 is 22.5 Å². The third-order valence-corrected chi connectivity index (χ3v) is 9.09. The second-order valence-electron chi connectivity index (χ2n) is 9.37. The van der Waals surface area contributed by atoms with E-state index in [-0.39, 0.29) is 29.8 Å². The maximum atomic E-state index is 13.1. The first-order chi connectivity index (χ1) is 15.0. The number of sulfonamides is 1. The highest BCUT2D eigenvalue weighted by Gasteiger charge is 2.46. The number of fused-ring (bicyclic) bond motifs is 2. The number of nitrogens with zero attached hydrogens (tertiary/aromatic N) is 3. The molecule has 10 heteroatoms. The Kier molecular flexibility index (Phi) is 6.07. The van der Waals surface area contributed by atoms with E-state index in [0.29, 0.717) is 30.9 Å². The largest absolute Gasteiger partial charge is 0.379 e. The monoisotopic (exact) mass is 452 g/mol. The zero-order valence-corrected chi connectivity index (χ0v) is 18.7. The van der Waals surface area contributed by atoms with Crippen LogP contribution in [-0.2, 0) is 14.8 Å². The number of hydrogen-bond donors (Lipinski definition) is 1. The van der Waals surface area contributed by atoms with E-state index in [1.165, 1.54) is 0 Å². The Balaban J connectivity index is 1.14. The van der Waals surface area contributed by atoms with Gasteiger partial charge >= 0.3 is 0 Å². The Morgan fingerprint density at radius 1 is 1.13 bits per heavy atom. The molecule has 0 radical (unpaired) electrons. The van der Waals surface area contributed by atoms with Crippen LogP contribution in [0.25, 0.3) is 0 Å². The number of carbonyl (C=O) groups is 1. The molecule has 0 spiro atoms. The van der Waals surface area contributed by atoms with Crippen molar-refractivity contribution in [2.24, 2.45) is 0 Å². The van der Waals surface area contributed by atoms with Gasteiger partial charge in [0.2, 0.25) is 10.0 Å². The lowest BCUT2D eigenvalue weighted by molar-refractivity contribution is 0.0380. The highest BCUT2D eigenvalue weighted by atomic mass is 32.2. The van der Waals surface area contributed by atoms with Gasteiger partial charge in [0, 0.05) is 43.2 Å².